The molecular formula is C20H26N6S. The second-order valence-corrected chi connectivity index (χ2v) is 8.88. The summed E-state index contributed by atoms with van der Waals surface area (Å²) >= 11 is 1.78. The van der Waals surface area contributed by atoms with E-state index in [0.717, 1.165) is 32.0 Å². The summed E-state index contributed by atoms with van der Waals surface area (Å²) in [4.78, 5) is 6.26. The predicted molar refractivity (Wildman–Crippen MR) is 109 cm³/mol. The molecule has 0 bridgehead atoms. The van der Waals surface area contributed by atoms with Crippen molar-refractivity contribution in [3.63, 3.8) is 0 Å². The number of nitrogens with zero attached hydrogens (tertiary/aromatic N) is 6. The molecule has 1 aliphatic rings. The minimum absolute atomic E-state index is 0.0946. The summed E-state index contributed by atoms with van der Waals surface area (Å²) in [5.74, 6) is 0.929. The number of aromatic nitrogens is 4. The molecule has 0 amide bonds. The summed E-state index contributed by atoms with van der Waals surface area (Å²) in [7, 11) is 0. The van der Waals surface area contributed by atoms with Crippen LogP contribution >= 0.6 is 11.3 Å². The van der Waals surface area contributed by atoms with Crippen LogP contribution in [-0.2, 0) is 5.54 Å². The summed E-state index contributed by atoms with van der Waals surface area (Å²) in [6.07, 6.45) is 0. The number of rotatable bonds is 4. The van der Waals surface area contributed by atoms with E-state index >= 15 is 0 Å². The molecule has 0 unspecified atom stereocenters. The van der Waals surface area contributed by atoms with E-state index in [4.69, 9.17) is 0 Å². The van der Waals surface area contributed by atoms with Gasteiger partial charge in [-0.15, -0.1) is 16.4 Å². The molecule has 4 rings (SSSR count). The van der Waals surface area contributed by atoms with E-state index in [1.165, 1.54) is 10.6 Å². The summed E-state index contributed by atoms with van der Waals surface area (Å²) in [5, 5.41) is 14.9. The van der Waals surface area contributed by atoms with Crippen LogP contribution in [0.1, 0.15) is 37.5 Å². The molecule has 3 heterocycles. The van der Waals surface area contributed by atoms with Gasteiger partial charge in [-0.3, -0.25) is 4.90 Å². The van der Waals surface area contributed by atoms with Gasteiger partial charge >= 0.3 is 0 Å². The van der Waals surface area contributed by atoms with Crippen molar-refractivity contribution in [2.45, 2.75) is 32.4 Å². The molecule has 2 aromatic heterocycles. The fourth-order valence-electron chi connectivity index (χ4n) is 3.64. The highest BCUT2D eigenvalue weighted by Gasteiger charge is 2.33. The number of tetrazole rings is 1. The van der Waals surface area contributed by atoms with E-state index in [9.17, 15) is 0 Å². The molecule has 1 aromatic carbocycles. The van der Waals surface area contributed by atoms with Crippen molar-refractivity contribution >= 4 is 17.0 Å². The van der Waals surface area contributed by atoms with Gasteiger partial charge in [0.15, 0.2) is 5.82 Å². The van der Waals surface area contributed by atoms with Gasteiger partial charge in [-0.05, 0) is 54.8 Å². The molecule has 1 atom stereocenters. The Balaban J connectivity index is 1.60. The topological polar surface area (TPSA) is 50.1 Å². The minimum atomic E-state index is -0.153. The molecule has 1 saturated heterocycles. The Bertz CT molecular complexity index is 844. The quantitative estimate of drug-likeness (QED) is 0.692. The summed E-state index contributed by atoms with van der Waals surface area (Å²) < 4.78 is 1.97. The lowest BCUT2D eigenvalue weighted by atomic mass is 10.1. The Kier molecular flexibility index (Phi) is 4.97. The largest absolute Gasteiger partial charge is 0.369 e. The zero-order chi connectivity index (χ0) is 18.9. The highest BCUT2D eigenvalue weighted by Crippen LogP contribution is 2.33. The van der Waals surface area contributed by atoms with Crippen molar-refractivity contribution in [3.8, 4) is 0 Å². The highest BCUT2D eigenvalue weighted by atomic mass is 32.1. The van der Waals surface area contributed by atoms with Crippen molar-refractivity contribution in [2.75, 3.05) is 31.1 Å². The lowest BCUT2D eigenvalue weighted by Gasteiger charge is -2.40. The predicted octanol–water partition coefficient (Wildman–Crippen LogP) is 3.40. The number of piperazine rings is 1. The number of hydrogen-bond donors (Lipinski definition) is 0. The molecule has 0 spiro atoms. The molecule has 3 aromatic rings. The molecule has 6 nitrogen and oxygen atoms in total. The van der Waals surface area contributed by atoms with Crippen LogP contribution in [0.5, 0.6) is 0 Å². The van der Waals surface area contributed by atoms with Gasteiger partial charge in [-0.2, -0.15) is 0 Å². The van der Waals surface area contributed by atoms with Crippen LogP contribution in [0.25, 0.3) is 0 Å². The van der Waals surface area contributed by atoms with Crippen LogP contribution in [-0.4, -0.2) is 51.3 Å². The van der Waals surface area contributed by atoms with Crippen LogP contribution in [0.2, 0.25) is 0 Å². The molecular weight excluding hydrogens is 356 g/mol. The maximum Gasteiger partial charge on any atom is 0.174 e. The van der Waals surface area contributed by atoms with Crippen molar-refractivity contribution < 1.29 is 0 Å². The van der Waals surface area contributed by atoms with Crippen LogP contribution < -0.4 is 4.90 Å². The van der Waals surface area contributed by atoms with Crippen molar-refractivity contribution in [2.24, 2.45) is 0 Å². The molecule has 0 N–H and O–H groups in total. The van der Waals surface area contributed by atoms with Crippen molar-refractivity contribution in [1.82, 2.24) is 25.1 Å². The maximum atomic E-state index is 4.44. The first-order valence-corrected chi connectivity index (χ1v) is 10.3. The highest BCUT2D eigenvalue weighted by molar-refractivity contribution is 7.10. The molecule has 7 heteroatoms. The molecule has 1 fully saturated rings. The maximum absolute atomic E-state index is 4.44. The molecule has 142 valence electrons. The van der Waals surface area contributed by atoms with Crippen LogP contribution in [0.4, 0.5) is 5.69 Å². The summed E-state index contributed by atoms with van der Waals surface area (Å²) in [6.45, 7) is 10.4. The van der Waals surface area contributed by atoms with E-state index in [2.05, 4.69) is 93.9 Å². The van der Waals surface area contributed by atoms with E-state index < -0.39 is 0 Å². The number of benzene rings is 1. The Morgan fingerprint density at radius 1 is 0.963 bits per heavy atom. The average molecular weight is 383 g/mol. The van der Waals surface area contributed by atoms with Gasteiger partial charge in [0.1, 0.15) is 6.04 Å². The Morgan fingerprint density at radius 3 is 2.33 bits per heavy atom. The van der Waals surface area contributed by atoms with Gasteiger partial charge in [0.2, 0.25) is 0 Å². The first kappa shape index (κ1) is 18.1. The standard InChI is InChI=1S/C20H26N6S/c1-20(2,3)26-19(21-22-23-26)18(17-10-7-15-27-17)25-13-11-24(12-14-25)16-8-5-4-6-9-16/h4-10,15,18H,11-14H2,1-3H3/t18-/m0/s1. The monoisotopic (exact) mass is 382 g/mol. The fourth-order valence-corrected chi connectivity index (χ4v) is 4.49. The van der Waals surface area contributed by atoms with Crippen LogP contribution in [0.15, 0.2) is 47.8 Å². The van der Waals surface area contributed by atoms with E-state index in [1.807, 2.05) is 4.68 Å². The first-order chi connectivity index (χ1) is 13.0. The lowest BCUT2D eigenvalue weighted by molar-refractivity contribution is 0.194. The smallest absolute Gasteiger partial charge is 0.174 e. The average Bonchev–Trinajstić information content (AvgIpc) is 3.36. The molecule has 0 saturated carbocycles. The summed E-state index contributed by atoms with van der Waals surface area (Å²) in [6, 6.07) is 15.1. The second-order valence-electron chi connectivity index (χ2n) is 7.90. The minimum Gasteiger partial charge on any atom is -0.369 e. The zero-order valence-electron chi connectivity index (χ0n) is 16.1. The fraction of sp³-hybridized carbons (Fsp3) is 0.450. The van der Waals surface area contributed by atoms with E-state index in [1.54, 1.807) is 11.3 Å². The number of hydrogen-bond acceptors (Lipinski definition) is 6. The van der Waals surface area contributed by atoms with Crippen molar-refractivity contribution in [1.29, 1.82) is 0 Å². The van der Waals surface area contributed by atoms with E-state index in [0.29, 0.717) is 0 Å². The van der Waals surface area contributed by atoms with Crippen LogP contribution in [0.3, 0.4) is 0 Å². The SMILES string of the molecule is CC(C)(C)n1nnnc1[C@H](c1cccs1)N1CCN(c2ccccc2)CC1. The molecule has 1 aliphatic heterocycles. The second kappa shape index (κ2) is 7.40. The Morgan fingerprint density at radius 2 is 1.70 bits per heavy atom. The third-order valence-electron chi connectivity index (χ3n) is 4.99. The van der Waals surface area contributed by atoms with E-state index in [-0.39, 0.29) is 11.6 Å². The molecule has 27 heavy (non-hydrogen) atoms. The first-order valence-electron chi connectivity index (χ1n) is 9.40. The normalized spacial score (nSPS) is 17.2. The van der Waals surface area contributed by atoms with Gasteiger partial charge < -0.3 is 4.90 Å². The molecule has 0 radical (unpaired) electrons. The van der Waals surface area contributed by atoms with Gasteiger partial charge in [-0.25, -0.2) is 4.68 Å². The third kappa shape index (κ3) is 3.75. The van der Waals surface area contributed by atoms with Crippen molar-refractivity contribution in [3.05, 3.63) is 58.5 Å². The van der Waals surface area contributed by atoms with Crippen LogP contribution in [0, 0.1) is 0 Å². The Labute approximate surface area is 164 Å². The third-order valence-corrected chi connectivity index (χ3v) is 5.91. The Hall–Kier alpha value is -2.25. The number of thiophene rings is 1. The molecule has 0 aliphatic carbocycles. The number of anilines is 1. The lowest BCUT2D eigenvalue weighted by Crippen LogP contribution is -2.48. The summed E-state index contributed by atoms with van der Waals surface area (Å²) in [5.41, 5.74) is 1.14. The van der Waals surface area contributed by atoms with Gasteiger partial charge in [-0.1, -0.05) is 24.3 Å². The van der Waals surface area contributed by atoms with Gasteiger partial charge in [0.05, 0.1) is 5.54 Å². The van der Waals surface area contributed by atoms with Gasteiger partial charge in [0, 0.05) is 36.7 Å². The van der Waals surface area contributed by atoms with Gasteiger partial charge in [0.25, 0.3) is 0 Å². The number of para-hydroxylation sites is 1. The zero-order valence-corrected chi connectivity index (χ0v) is 16.9.